The first-order chi connectivity index (χ1) is 13.8. The number of halogens is 1. The Morgan fingerprint density at radius 2 is 1.93 bits per heavy atom. The topological polar surface area (TPSA) is 116 Å². The number of primary amides is 1. The van der Waals surface area contributed by atoms with Crippen molar-refractivity contribution in [2.75, 3.05) is 0 Å². The highest BCUT2D eigenvalue weighted by Gasteiger charge is 2.28. The molecule has 1 aromatic carbocycles. The summed E-state index contributed by atoms with van der Waals surface area (Å²) in [5, 5.41) is 10.7. The van der Waals surface area contributed by atoms with Crippen LogP contribution in [0.1, 0.15) is 19.4 Å². The lowest BCUT2D eigenvalue weighted by Crippen LogP contribution is -2.42. The van der Waals surface area contributed by atoms with E-state index in [1.54, 1.807) is 12.1 Å². The van der Waals surface area contributed by atoms with Crippen molar-refractivity contribution in [3.8, 4) is 11.6 Å². The maximum atomic E-state index is 12.4. The van der Waals surface area contributed by atoms with Gasteiger partial charge in [0, 0.05) is 0 Å². The number of hydrogen-bond donors (Lipinski definition) is 2. The summed E-state index contributed by atoms with van der Waals surface area (Å²) in [6, 6.07) is 12.5. The fourth-order valence-electron chi connectivity index (χ4n) is 2.70. The Morgan fingerprint density at radius 3 is 2.52 bits per heavy atom. The van der Waals surface area contributed by atoms with Crippen LogP contribution >= 0.6 is 27.7 Å². The zero-order chi connectivity index (χ0) is 21.0. The van der Waals surface area contributed by atoms with Crippen LogP contribution in [0.15, 0.2) is 56.7 Å². The predicted molar refractivity (Wildman–Crippen MR) is 113 cm³/mol. The second-order valence-electron chi connectivity index (χ2n) is 6.62. The number of amides is 3. The molecule has 152 valence electrons. The molecule has 10 heteroatoms. The zero-order valence-electron chi connectivity index (χ0n) is 15.8. The van der Waals surface area contributed by atoms with Crippen LogP contribution < -0.4 is 11.1 Å². The summed E-state index contributed by atoms with van der Waals surface area (Å²) in [7, 11) is 0. The molecule has 3 amide bonds. The van der Waals surface area contributed by atoms with Gasteiger partial charge in [0.15, 0.2) is 15.6 Å². The number of carbonyl (C=O) groups excluding carboxylic acids is 2. The van der Waals surface area contributed by atoms with Gasteiger partial charge in [0.05, 0.1) is 11.8 Å². The Hall–Kier alpha value is -2.59. The number of aromatic nitrogens is 3. The molecule has 1 atom stereocenters. The van der Waals surface area contributed by atoms with Gasteiger partial charge in [-0.3, -0.25) is 14.7 Å². The highest BCUT2D eigenvalue weighted by Crippen LogP contribution is 2.32. The van der Waals surface area contributed by atoms with Crippen LogP contribution in [0, 0.1) is 5.92 Å². The Bertz CT molecular complexity index is 1000. The second kappa shape index (κ2) is 9.27. The van der Waals surface area contributed by atoms with Gasteiger partial charge < -0.3 is 10.2 Å². The minimum atomic E-state index is -0.881. The van der Waals surface area contributed by atoms with E-state index in [2.05, 4.69) is 31.4 Å². The summed E-state index contributed by atoms with van der Waals surface area (Å²) in [4.78, 5) is 23.6. The maximum Gasteiger partial charge on any atom is 0.318 e. The monoisotopic (exact) mass is 477 g/mol. The fourth-order valence-corrected chi connectivity index (χ4v) is 4.04. The molecule has 0 aliphatic rings. The van der Waals surface area contributed by atoms with Gasteiger partial charge in [-0.05, 0) is 39.5 Å². The van der Waals surface area contributed by atoms with E-state index in [0.717, 1.165) is 5.56 Å². The molecule has 3 aromatic rings. The normalized spacial score (nSPS) is 12.1. The number of urea groups is 1. The third-order valence-corrected chi connectivity index (χ3v) is 5.99. The highest BCUT2D eigenvalue weighted by atomic mass is 79.9. The maximum absolute atomic E-state index is 12.4. The molecule has 29 heavy (non-hydrogen) atoms. The van der Waals surface area contributed by atoms with E-state index in [1.807, 2.05) is 48.7 Å². The average Bonchev–Trinajstić information content (AvgIpc) is 3.25. The molecule has 0 fully saturated rings. The molecule has 0 radical (unpaired) electrons. The van der Waals surface area contributed by atoms with Crippen molar-refractivity contribution in [2.45, 2.75) is 30.8 Å². The lowest BCUT2D eigenvalue weighted by atomic mass is 10.1. The molecule has 0 spiro atoms. The molecule has 2 heterocycles. The molecule has 0 saturated heterocycles. The summed E-state index contributed by atoms with van der Waals surface area (Å²) in [5.74, 6) is 0.561. The molecule has 0 saturated carbocycles. The summed E-state index contributed by atoms with van der Waals surface area (Å²) in [6.07, 6.45) is 0. The van der Waals surface area contributed by atoms with E-state index in [0.29, 0.717) is 28.0 Å². The van der Waals surface area contributed by atoms with Crippen molar-refractivity contribution in [3.63, 3.8) is 0 Å². The third-order valence-electron chi connectivity index (χ3n) is 4.04. The molecular formula is C19H20BrN5O3S. The quantitative estimate of drug-likeness (QED) is 0.501. The molecule has 0 aliphatic carbocycles. The Kier molecular flexibility index (Phi) is 6.75. The van der Waals surface area contributed by atoms with E-state index in [1.165, 1.54) is 11.8 Å². The Balaban J connectivity index is 1.97. The van der Waals surface area contributed by atoms with E-state index < -0.39 is 17.2 Å². The van der Waals surface area contributed by atoms with Gasteiger partial charge in [-0.1, -0.05) is 55.9 Å². The van der Waals surface area contributed by atoms with Gasteiger partial charge in [-0.2, -0.15) is 0 Å². The van der Waals surface area contributed by atoms with Crippen LogP contribution in [0.4, 0.5) is 4.79 Å². The van der Waals surface area contributed by atoms with Crippen LogP contribution in [0.25, 0.3) is 11.6 Å². The summed E-state index contributed by atoms with van der Waals surface area (Å²) in [5.41, 5.74) is 6.15. The van der Waals surface area contributed by atoms with Gasteiger partial charge in [-0.25, -0.2) is 4.79 Å². The highest BCUT2D eigenvalue weighted by molar-refractivity contribution is 9.10. The number of carbonyl (C=O) groups is 2. The number of nitrogens with two attached hydrogens (primary N) is 1. The fraction of sp³-hybridized carbons (Fsp3) is 0.263. The SMILES string of the molecule is CC(C)C(Sc1nnc(-c2ccc(Br)o2)n1Cc1ccccc1)C(=O)NC(N)=O. The van der Waals surface area contributed by atoms with E-state index in [-0.39, 0.29) is 5.92 Å². The number of furan rings is 1. The first-order valence-electron chi connectivity index (χ1n) is 8.85. The number of nitrogens with zero attached hydrogens (tertiary/aromatic N) is 3. The summed E-state index contributed by atoms with van der Waals surface area (Å²) < 4.78 is 8.12. The standard InChI is InChI=1S/C19H20BrN5O3S/c1-11(2)15(17(26)22-18(21)27)29-19-24-23-16(13-8-9-14(20)28-13)25(19)10-12-6-4-3-5-7-12/h3-9,11,15H,10H2,1-2H3,(H3,21,22,26,27). The molecular weight excluding hydrogens is 458 g/mol. The molecule has 1 unspecified atom stereocenters. The van der Waals surface area contributed by atoms with Crippen LogP contribution in [0.3, 0.4) is 0 Å². The summed E-state index contributed by atoms with van der Waals surface area (Å²) in [6.45, 7) is 4.27. The number of benzene rings is 1. The molecule has 8 nitrogen and oxygen atoms in total. The predicted octanol–water partition coefficient (Wildman–Crippen LogP) is 3.66. The smallest absolute Gasteiger partial charge is 0.318 e. The number of nitrogens with one attached hydrogen (secondary N) is 1. The number of rotatable bonds is 7. The molecule has 3 N–H and O–H groups in total. The molecule has 3 rings (SSSR count). The van der Waals surface area contributed by atoms with Crippen molar-refractivity contribution < 1.29 is 14.0 Å². The Labute approximate surface area is 180 Å². The minimum Gasteiger partial charge on any atom is -0.446 e. The van der Waals surface area contributed by atoms with E-state index in [9.17, 15) is 9.59 Å². The molecule has 0 bridgehead atoms. The van der Waals surface area contributed by atoms with Crippen molar-refractivity contribution in [3.05, 3.63) is 52.7 Å². The minimum absolute atomic E-state index is 0.0672. The van der Waals surface area contributed by atoms with Crippen LogP contribution in [-0.2, 0) is 11.3 Å². The zero-order valence-corrected chi connectivity index (χ0v) is 18.2. The first-order valence-corrected chi connectivity index (χ1v) is 10.5. The number of hydrogen-bond acceptors (Lipinski definition) is 6. The Morgan fingerprint density at radius 1 is 1.21 bits per heavy atom. The average molecular weight is 478 g/mol. The van der Waals surface area contributed by atoms with Gasteiger partial charge in [0.25, 0.3) is 0 Å². The molecule has 2 aromatic heterocycles. The van der Waals surface area contributed by atoms with E-state index in [4.69, 9.17) is 10.2 Å². The second-order valence-corrected chi connectivity index (χ2v) is 8.51. The lowest BCUT2D eigenvalue weighted by Gasteiger charge is -2.19. The molecule has 0 aliphatic heterocycles. The third kappa shape index (κ3) is 5.27. The van der Waals surface area contributed by atoms with Crippen LogP contribution in [0.5, 0.6) is 0 Å². The van der Waals surface area contributed by atoms with Crippen LogP contribution in [0.2, 0.25) is 0 Å². The van der Waals surface area contributed by atoms with Gasteiger partial charge in [-0.15, -0.1) is 10.2 Å². The van der Waals surface area contributed by atoms with Crippen molar-refractivity contribution >= 4 is 39.6 Å². The largest absolute Gasteiger partial charge is 0.446 e. The first kappa shape index (κ1) is 21.1. The lowest BCUT2D eigenvalue weighted by molar-refractivity contribution is -0.120. The van der Waals surface area contributed by atoms with Gasteiger partial charge in [0.1, 0.15) is 0 Å². The van der Waals surface area contributed by atoms with Gasteiger partial charge in [0.2, 0.25) is 11.7 Å². The number of thioether (sulfide) groups is 1. The van der Waals surface area contributed by atoms with Crippen molar-refractivity contribution in [2.24, 2.45) is 11.7 Å². The van der Waals surface area contributed by atoms with Crippen LogP contribution in [-0.4, -0.2) is 32.0 Å². The van der Waals surface area contributed by atoms with Crippen molar-refractivity contribution in [1.82, 2.24) is 20.1 Å². The summed E-state index contributed by atoms with van der Waals surface area (Å²) >= 11 is 4.53. The van der Waals surface area contributed by atoms with Gasteiger partial charge >= 0.3 is 6.03 Å². The van der Waals surface area contributed by atoms with E-state index >= 15 is 0 Å². The number of imide groups is 1. The van der Waals surface area contributed by atoms with Crippen molar-refractivity contribution in [1.29, 1.82) is 0 Å².